The van der Waals surface area contributed by atoms with Crippen LogP contribution in [0.2, 0.25) is 0 Å². The zero-order valence-corrected chi connectivity index (χ0v) is 7.74. The molecule has 0 unspecified atom stereocenters. The van der Waals surface area contributed by atoms with Gasteiger partial charge in [-0.25, -0.2) is 14.8 Å². The van der Waals surface area contributed by atoms with Crippen molar-refractivity contribution >= 4 is 17.7 Å². The molecule has 70 valence electrons. The first-order chi connectivity index (χ1) is 6.22. The van der Waals surface area contributed by atoms with Gasteiger partial charge in [0, 0.05) is 6.07 Å². The Bertz CT molecular complexity index is 306. The minimum atomic E-state index is -1.02. The van der Waals surface area contributed by atoms with Crippen molar-refractivity contribution in [2.24, 2.45) is 0 Å². The van der Waals surface area contributed by atoms with Gasteiger partial charge in [0.1, 0.15) is 11.4 Å². The molecule has 5 nitrogen and oxygen atoms in total. The van der Waals surface area contributed by atoms with E-state index >= 15 is 0 Å². The molecule has 0 spiro atoms. The Balaban J connectivity index is 2.61. The number of rotatable bonds is 4. The molecule has 0 bridgehead atoms. The quantitative estimate of drug-likeness (QED) is 0.568. The summed E-state index contributed by atoms with van der Waals surface area (Å²) in [4.78, 5) is 17.8. The smallest absolute Gasteiger partial charge is 0.341 e. The molecule has 0 radical (unpaired) electrons. The van der Waals surface area contributed by atoms with Crippen LogP contribution in [-0.4, -0.2) is 33.9 Å². The predicted octanol–water partition coefficient (Wildman–Crippen LogP) is 0.662. The van der Waals surface area contributed by atoms with Crippen molar-refractivity contribution in [3.8, 4) is 5.88 Å². The largest absolute Gasteiger partial charge is 0.479 e. The molecule has 0 aliphatic carbocycles. The topological polar surface area (TPSA) is 72.3 Å². The summed E-state index contributed by atoms with van der Waals surface area (Å²) in [6.07, 6.45) is 3.20. The summed E-state index contributed by atoms with van der Waals surface area (Å²) in [5.74, 6) is -0.744. The van der Waals surface area contributed by atoms with Crippen molar-refractivity contribution in [1.82, 2.24) is 9.97 Å². The monoisotopic (exact) mass is 200 g/mol. The van der Waals surface area contributed by atoms with Gasteiger partial charge in [-0.1, -0.05) is 0 Å². The summed E-state index contributed by atoms with van der Waals surface area (Å²) in [6.45, 7) is -0.384. The fourth-order valence-electron chi connectivity index (χ4n) is 0.649. The van der Waals surface area contributed by atoms with E-state index in [1.807, 2.05) is 6.26 Å². The average Bonchev–Trinajstić information content (AvgIpc) is 2.15. The van der Waals surface area contributed by atoms with Gasteiger partial charge in [-0.05, 0) is 6.26 Å². The van der Waals surface area contributed by atoms with Crippen molar-refractivity contribution in [2.45, 2.75) is 5.03 Å². The lowest BCUT2D eigenvalue weighted by Crippen LogP contribution is -2.10. The van der Waals surface area contributed by atoms with Crippen molar-refractivity contribution in [3.05, 3.63) is 12.4 Å². The Morgan fingerprint density at radius 1 is 1.69 bits per heavy atom. The van der Waals surface area contributed by atoms with Crippen molar-refractivity contribution in [2.75, 3.05) is 12.9 Å². The fourth-order valence-corrected chi connectivity index (χ4v) is 1.02. The fraction of sp³-hybridized carbons (Fsp3) is 0.286. The van der Waals surface area contributed by atoms with E-state index in [-0.39, 0.29) is 12.5 Å². The number of aliphatic carboxylic acids is 1. The maximum absolute atomic E-state index is 10.2. The van der Waals surface area contributed by atoms with Crippen LogP contribution in [-0.2, 0) is 4.79 Å². The highest BCUT2D eigenvalue weighted by Crippen LogP contribution is 2.14. The zero-order chi connectivity index (χ0) is 9.68. The van der Waals surface area contributed by atoms with Crippen molar-refractivity contribution in [1.29, 1.82) is 0 Å². The molecule has 6 heteroatoms. The standard InChI is InChI=1S/C7H8N2O3S/c1-13-6-2-5(8-4-9-6)12-3-7(10)11/h2,4H,3H2,1H3,(H,10,11). The van der Waals surface area contributed by atoms with Gasteiger partial charge in [0.25, 0.3) is 0 Å². The first kappa shape index (κ1) is 9.79. The molecule has 1 N–H and O–H groups in total. The molecular weight excluding hydrogens is 192 g/mol. The van der Waals surface area contributed by atoms with Crippen LogP contribution in [0, 0.1) is 0 Å². The number of carboxylic acids is 1. The Kier molecular flexibility index (Phi) is 3.51. The van der Waals surface area contributed by atoms with Crippen LogP contribution in [0.4, 0.5) is 0 Å². The van der Waals surface area contributed by atoms with Gasteiger partial charge in [0.05, 0.1) is 0 Å². The molecular formula is C7H8N2O3S. The lowest BCUT2D eigenvalue weighted by atomic mass is 10.6. The van der Waals surface area contributed by atoms with Gasteiger partial charge >= 0.3 is 5.97 Å². The molecule has 1 heterocycles. The van der Waals surface area contributed by atoms with Crippen LogP contribution in [0.5, 0.6) is 5.88 Å². The van der Waals surface area contributed by atoms with Crippen LogP contribution < -0.4 is 4.74 Å². The molecule has 0 aromatic carbocycles. The van der Waals surface area contributed by atoms with Gasteiger partial charge in [-0.2, -0.15) is 0 Å². The molecule has 1 aromatic heterocycles. The van der Waals surface area contributed by atoms with Gasteiger partial charge in [-0.3, -0.25) is 0 Å². The summed E-state index contributed by atoms with van der Waals surface area (Å²) in [5.41, 5.74) is 0. The van der Waals surface area contributed by atoms with Gasteiger partial charge in [0.2, 0.25) is 5.88 Å². The molecule has 0 amide bonds. The number of ether oxygens (including phenoxy) is 1. The number of aromatic nitrogens is 2. The Hall–Kier alpha value is -1.30. The Morgan fingerprint density at radius 2 is 2.46 bits per heavy atom. The van der Waals surface area contributed by atoms with Crippen LogP contribution in [0.15, 0.2) is 17.4 Å². The number of hydrogen-bond donors (Lipinski definition) is 1. The van der Waals surface area contributed by atoms with E-state index in [1.54, 1.807) is 6.07 Å². The summed E-state index contributed by atoms with van der Waals surface area (Å²) in [6, 6.07) is 1.59. The molecule has 0 saturated heterocycles. The second-order valence-electron chi connectivity index (χ2n) is 2.08. The second kappa shape index (κ2) is 4.66. The number of carbonyl (C=O) groups is 1. The van der Waals surface area contributed by atoms with E-state index in [0.717, 1.165) is 5.03 Å². The third-order valence-electron chi connectivity index (χ3n) is 1.17. The summed E-state index contributed by atoms with van der Waals surface area (Å²) in [5, 5.41) is 9.07. The Labute approximate surface area is 79.2 Å². The molecule has 0 saturated carbocycles. The number of nitrogens with zero attached hydrogens (tertiary/aromatic N) is 2. The molecule has 0 aliphatic rings. The first-order valence-corrected chi connectivity index (χ1v) is 4.65. The third kappa shape index (κ3) is 3.29. The lowest BCUT2D eigenvalue weighted by molar-refractivity contribution is -0.139. The minimum absolute atomic E-state index is 0.279. The first-order valence-electron chi connectivity index (χ1n) is 3.43. The maximum Gasteiger partial charge on any atom is 0.341 e. The maximum atomic E-state index is 10.2. The molecule has 0 fully saturated rings. The van der Waals surface area contributed by atoms with Gasteiger partial charge in [0.15, 0.2) is 6.61 Å². The zero-order valence-electron chi connectivity index (χ0n) is 6.93. The summed E-state index contributed by atoms with van der Waals surface area (Å²) < 4.78 is 4.85. The van der Waals surface area contributed by atoms with E-state index in [1.165, 1.54) is 18.1 Å². The minimum Gasteiger partial charge on any atom is -0.479 e. The highest BCUT2D eigenvalue weighted by molar-refractivity contribution is 7.98. The van der Waals surface area contributed by atoms with E-state index in [0.29, 0.717) is 0 Å². The average molecular weight is 200 g/mol. The molecule has 13 heavy (non-hydrogen) atoms. The summed E-state index contributed by atoms with van der Waals surface area (Å²) >= 11 is 1.44. The van der Waals surface area contributed by atoms with Gasteiger partial charge in [-0.15, -0.1) is 11.8 Å². The van der Waals surface area contributed by atoms with Crippen molar-refractivity contribution in [3.63, 3.8) is 0 Å². The number of hydrogen-bond acceptors (Lipinski definition) is 5. The second-order valence-corrected chi connectivity index (χ2v) is 2.91. The molecule has 1 rings (SSSR count). The van der Waals surface area contributed by atoms with Crippen LogP contribution in [0.25, 0.3) is 0 Å². The van der Waals surface area contributed by atoms with E-state index in [9.17, 15) is 4.79 Å². The lowest BCUT2D eigenvalue weighted by Gasteiger charge is -2.01. The van der Waals surface area contributed by atoms with Crippen LogP contribution in [0.1, 0.15) is 0 Å². The Morgan fingerprint density at radius 3 is 3.08 bits per heavy atom. The molecule has 0 aliphatic heterocycles. The molecule has 0 atom stereocenters. The van der Waals surface area contributed by atoms with Crippen LogP contribution in [0.3, 0.4) is 0 Å². The van der Waals surface area contributed by atoms with Crippen LogP contribution >= 0.6 is 11.8 Å². The van der Waals surface area contributed by atoms with Crippen molar-refractivity contribution < 1.29 is 14.6 Å². The number of thioether (sulfide) groups is 1. The number of carboxylic acid groups (broad SMARTS) is 1. The normalized spacial score (nSPS) is 9.62. The predicted molar refractivity (Wildman–Crippen MR) is 46.9 cm³/mol. The van der Waals surface area contributed by atoms with E-state index < -0.39 is 5.97 Å². The van der Waals surface area contributed by atoms with E-state index in [2.05, 4.69) is 9.97 Å². The summed E-state index contributed by atoms with van der Waals surface area (Å²) in [7, 11) is 0. The SMILES string of the molecule is CSc1cc(OCC(=O)O)ncn1. The van der Waals surface area contributed by atoms with E-state index in [4.69, 9.17) is 9.84 Å². The highest BCUT2D eigenvalue weighted by atomic mass is 32.2. The highest BCUT2D eigenvalue weighted by Gasteiger charge is 2.01. The van der Waals surface area contributed by atoms with Gasteiger partial charge < -0.3 is 9.84 Å². The third-order valence-corrected chi connectivity index (χ3v) is 1.81. The molecule has 1 aromatic rings.